The summed E-state index contributed by atoms with van der Waals surface area (Å²) in [6.45, 7) is 0.0970. The number of rotatable bonds is 8. The van der Waals surface area contributed by atoms with Crippen LogP contribution in [0.25, 0.3) is 17.2 Å². The monoisotopic (exact) mass is 745 g/mol. The number of carbonyl (C=O) groups excluding carboxylic acids is 2. The van der Waals surface area contributed by atoms with Gasteiger partial charge in [-0.25, -0.2) is 4.79 Å². The normalized spacial score (nSPS) is 14.1. The summed E-state index contributed by atoms with van der Waals surface area (Å²) in [5, 5.41) is 1.07. The number of benzene rings is 3. The van der Waals surface area contributed by atoms with Crippen molar-refractivity contribution in [2.75, 3.05) is 7.11 Å². The van der Waals surface area contributed by atoms with Gasteiger partial charge in [-0.1, -0.05) is 64.6 Å². The van der Waals surface area contributed by atoms with E-state index in [9.17, 15) is 19.2 Å². The first kappa shape index (κ1) is 33.7. The first-order chi connectivity index (χ1) is 22.9. The van der Waals surface area contributed by atoms with Crippen LogP contribution in [0, 0.1) is 0 Å². The van der Waals surface area contributed by atoms with Gasteiger partial charge in [0.2, 0.25) is 0 Å². The summed E-state index contributed by atoms with van der Waals surface area (Å²) in [5.74, 6) is 0.0313. The molecule has 0 bridgehead atoms. The van der Waals surface area contributed by atoms with Crippen LogP contribution in [0.3, 0.4) is 0 Å². The van der Waals surface area contributed by atoms with E-state index in [-0.39, 0.29) is 46.7 Å². The topological polar surface area (TPSA) is 118 Å². The van der Waals surface area contributed by atoms with Crippen molar-refractivity contribution in [3.8, 4) is 17.5 Å². The highest BCUT2D eigenvalue weighted by Gasteiger charge is 2.35. The second-order valence-electron chi connectivity index (χ2n) is 10.6. The van der Waals surface area contributed by atoms with Gasteiger partial charge in [-0.05, 0) is 70.9 Å². The fourth-order valence-corrected chi connectivity index (χ4v) is 6.66. The Bertz CT molecular complexity index is 2320. The van der Waals surface area contributed by atoms with E-state index in [0.717, 1.165) is 21.2 Å². The van der Waals surface area contributed by atoms with E-state index in [1.165, 1.54) is 30.3 Å². The zero-order chi connectivity index (χ0) is 34.4. The van der Waals surface area contributed by atoms with Gasteiger partial charge in [0.1, 0.15) is 0 Å². The lowest BCUT2D eigenvalue weighted by atomic mass is 10.1. The summed E-state index contributed by atoms with van der Waals surface area (Å²) < 4.78 is 15.6. The van der Waals surface area contributed by atoms with Crippen LogP contribution in [-0.4, -0.2) is 41.8 Å². The highest BCUT2D eigenvalue weighted by molar-refractivity contribution is 8.18. The predicted molar refractivity (Wildman–Crippen MR) is 187 cm³/mol. The molecule has 1 aliphatic rings. The van der Waals surface area contributed by atoms with Gasteiger partial charge in [-0.15, -0.1) is 0 Å². The number of aromatic nitrogens is 4. The number of ether oxygens (including phenoxy) is 2. The maximum Gasteiger partial charge on any atom is 0.332 e. The number of fused-ring (bicyclic) bond motifs is 1. The predicted octanol–water partition coefficient (Wildman–Crippen LogP) is 7.13. The number of methoxy groups -OCH3 is 1. The van der Waals surface area contributed by atoms with Crippen molar-refractivity contribution in [1.82, 2.24) is 23.6 Å². The molecule has 16 heteroatoms. The second kappa shape index (κ2) is 13.4. The first-order valence-electron chi connectivity index (χ1n) is 14.0. The lowest BCUT2D eigenvalue weighted by Gasteiger charge is -2.14. The fraction of sp³-hybridized carbons (Fsp3) is 0.156. The van der Waals surface area contributed by atoms with E-state index < -0.39 is 22.4 Å². The minimum Gasteiger partial charge on any atom is -0.493 e. The summed E-state index contributed by atoms with van der Waals surface area (Å²) in [6.07, 6.45) is 1.57. The number of carbonyl (C=O) groups is 2. The SMILES string of the molecule is COc1cc(C=C2SC(=O)N(Cc3ccc(Cl)c(Cl)c3)C2=O)ccc1Oc1nc2c(c(=O)n(C)c(=O)n2C)n1Cc1ccc(Cl)cc1Cl. The van der Waals surface area contributed by atoms with Gasteiger partial charge in [0, 0.05) is 24.1 Å². The Hall–Kier alpha value is -4.20. The number of aryl methyl sites for hydroxylation is 1. The standard InChI is InChI=1S/C32H23Cl4N5O6S/c1-38-27-26(29(43)39(2)31(38)44)40(15-18-6-7-19(33)13-21(18)35)30(37-27)47-23-9-5-16(11-24(23)46-3)12-25-28(42)41(32(45)48-25)14-17-4-8-20(34)22(36)10-17/h4-13H,14-15H2,1-3H3. The van der Waals surface area contributed by atoms with Crippen LogP contribution < -0.4 is 20.7 Å². The number of imidazole rings is 1. The largest absolute Gasteiger partial charge is 0.493 e. The molecule has 11 nitrogen and oxygen atoms in total. The molecular weight excluding hydrogens is 724 g/mol. The molecule has 0 radical (unpaired) electrons. The smallest absolute Gasteiger partial charge is 0.332 e. The van der Waals surface area contributed by atoms with Gasteiger partial charge in [0.15, 0.2) is 22.7 Å². The minimum absolute atomic E-state index is 0.0104. The van der Waals surface area contributed by atoms with E-state index in [0.29, 0.717) is 36.8 Å². The number of hydrogen-bond acceptors (Lipinski definition) is 8. The van der Waals surface area contributed by atoms with Gasteiger partial charge in [0.25, 0.3) is 16.7 Å². The van der Waals surface area contributed by atoms with Crippen molar-refractivity contribution in [3.05, 3.63) is 117 Å². The molecule has 0 saturated carbocycles. The van der Waals surface area contributed by atoms with Crippen molar-refractivity contribution in [1.29, 1.82) is 0 Å². The molecule has 48 heavy (non-hydrogen) atoms. The summed E-state index contributed by atoms with van der Waals surface area (Å²) in [5.41, 5.74) is 0.919. The van der Waals surface area contributed by atoms with Gasteiger partial charge in [-0.2, -0.15) is 4.98 Å². The van der Waals surface area contributed by atoms with Crippen LogP contribution in [0.5, 0.6) is 17.5 Å². The molecule has 0 unspecified atom stereocenters. The Morgan fingerprint density at radius 1 is 0.833 bits per heavy atom. The molecule has 0 spiro atoms. The average Bonchev–Trinajstić information content (AvgIpc) is 3.54. The van der Waals surface area contributed by atoms with E-state index in [4.69, 9.17) is 55.9 Å². The molecule has 6 rings (SSSR count). The quantitative estimate of drug-likeness (QED) is 0.154. The van der Waals surface area contributed by atoms with E-state index >= 15 is 0 Å². The molecule has 0 N–H and O–H groups in total. The molecule has 2 amide bonds. The van der Waals surface area contributed by atoms with Crippen LogP contribution in [-0.2, 0) is 32.0 Å². The van der Waals surface area contributed by atoms with E-state index in [2.05, 4.69) is 4.98 Å². The highest BCUT2D eigenvalue weighted by Crippen LogP contribution is 2.37. The molecule has 1 aliphatic heterocycles. The zero-order valence-electron chi connectivity index (χ0n) is 25.3. The van der Waals surface area contributed by atoms with Crippen molar-refractivity contribution in [2.24, 2.45) is 14.1 Å². The van der Waals surface area contributed by atoms with Crippen LogP contribution in [0.15, 0.2) is 69.1 Å². The number of thioether (sulfide) groups is 1. The number of imide groups is 1. The maximum atomic E-state index is 13.3. The molecular formula is C32H23Cl4N5O6S. The van der Waals surface area contributed by atoms with Gasteiger partial charge < -0.3 is 9.47 Å². The third kappa shape index (κ3) is 6.34. The van der Waals surface area contributed by atoms with Gasteiger partial charge >= 0.3 is 11.7 Å². The fourth-order valence-electron chi connectivity index (χ4n) is 5.04. The third-order valence-corrected chi connectivity index (χ3v) is 9.77. The Labute approximate surface area is 296 Å². The highest BCUT2D eigenvalue weighted by atomic mass is 35.5. The van der Waals surface area contributed by atoms with E-state index in [1.54, 1.807) is 60.7 Å². The summed E-state index contributed by atoms with van der Waals surface area (Å²) >= 11 is 25.5. The molecule has 1 fully saturated rings. The molecule has 5 aromatic rings. The van der Waals surface area contributed by atoms with Gasteiger partial charge in [-0.3, -0.25) is 33.0 Å². The van der Waals surface area contributed by atoms with Crippen molar-refractivity contribution >= 4 is 86.6 Å². The average molecular weight is 747 g/mol. The summed E-state index contributed by atoms with van der Waals surface area (Å²) in [4.78, 5) is 57.8. The first-order valence-corrected chi connectivity index (χ1v) is 16.3. The van der Waals surface area contributed by atoms with Gasteiger partial charge in [0.05, 0.1) is 35.1 Å². The molecule has 3 heterocycles. The number of halogens is 4. The Morgan fingerprint density at radius 2 is 1.60 bits per heavy atom. The van der Waals surface area contributed by atoms with Crippen LogP contribution in [0.2, 0.25) is 20.1 Å². The van der Waals surface area contributed by atoms with Crippen LogP contribution >= 0.6 is 58.2 Å². The Kier molecular flexibility index (Phi) is 9.38. The Morgan fingerprint density at radius 3 is 2.31 bits per heavy atom. The molecule has 0 aliphatic carbocycles. The molecule has 3 aromatic carbocycles. The summed E-state index contributed by atoms with van der Waals surface area (Å²) in [7, 11) is 4.32. The third-order valence-electron chi connectivity index (χ3n) is 7.54. The maximum absolute atomic E-state index is 13.3. The van der Waals surface area contributed by atoms with E-state index in [1.807, 2.05) is 0 Å². The van der Waals surface area contributed by atoms with Crippen LogP contribution in [0.1, 0.15) is 16.7 Å². The zero-order valence-corrected chi connectivity index (χ0v) is 29.1. The second-order valence-corrected chi connectivity index (χ2v) is 13.3. The molecule has 1 saturated heterocycles. The molecule has 2 aromatic heterocycles. The lowest BCUT2D eigenvalue weighted by Crippen LogP contribution is -2.37. The molecule has 0 atom stereocenters. The molecule has 246 valence electrons. The number of hydrogen-bond donors (Lipinski definition) is 0. The van der Waals surface area contributed by atoms with Crippen molar-refractivity contribution < 1.29 is 19.1 Å². The minimum atomic E-state index is -0.573. The lowest BCUT2D eigenvalue weighted by molar-refractivity contribution is -0.123. The number of nitrogens with zero attached hydrogens (tertiary/aromatic N) is 5. The van der Waals surface area contributed by atoms with Crippen molar-refractivity contribution in [3.63, 3.8) is 0 Å². The Balaban J connectivity index is 1.34. The summed E-state index contributed by atoms with van der Waals surface area (Å²) in [6, 6.07) is 14.8. The number of amides is 2. The van der Waals surface area contributed by atoms with Crippen LogP contribution in [0.4, 0.5) is 4.79 Å². The van der Waals surface area contributed by atoms with Crippen molar-refractivity contribution in [2.45, 2.75) is 13.1 Å².